The van der Waals surface area contributed by atoms with Gasteiger partial charge in [0.2, 0.25) is 0 Å². The van der Waals surface area contributed by atoms with Crippen LogP contribution >= 0.6 is 0 Å². The van der Waals surface area contributed by atoms with E-state index in [4.69, 9.17) is 9.15 Å². The largest absolute Gasteiger partial charge is 0.466 e. The van der Waals surface area contributed by atoms with Crippen molar-refractivity contribution in [3.05, 3.63) is 23.7 Å². The molecule has 0 aliphatic carbocycles. The second kappa shape index (κ2) is 5.91. The number of rotatable bonds is 3. The molecule has 2 rings (SSSR count). The van der Waals surface area contributed by atoms with E-state index in [1.807, 2.05) is 6.92 Å². The Morgan fingerprint density at radius 2 is 2.11 bits per heavy atom. The Hall–Kier alpha value is -1.78. The summed E-state index contributed by atoms with van der Waals surface area (Å²) in [6.45, 7) is 5.20. The van der Waals surface area contributed by atoms with Crippen LogP contribution < -0.4 is 0 Å². The summed E-state index contributed by atoms with van der Waals surface area (Å²) in [7, 11) is 0. The zero-order valence-corrected chi connectivity index (χ0v) is 11.3. The van der Waals surface area contributed by atoms with Gasteiger partial charge in [-0.3, -0.25) is 9.59 Å². The van der Waals surface area contributed by atoms with Crippen LogP contribution in [-0.4, -0.2) is 36.5 Å². The van der Waals surface area contributed by atoms with Crippen LogP contribution in [0.5, 0.6) is 0 Å². The molecule has 1 fully saturated rings. The first-order valence-electron chi connectivity index (χ1n) is 6.63. The fourth-order valence-corrected chi connectivity index (χ4v) is 2.31. The van der Waals surface area contributed by atoms with Crippen LogP contribution in [0.15, 0.2) is 16.7 Å². The molecule has 0 bridgehead atoms. The number of hydrogen-bond donors (Lipinski definition) is 0. The molecule has 0 atom stereocenters. The van der Waals surface area contributed by atoms with Gasteiger partial charge in [0, 0.05) is 18.7 Å². The monoisotopic (exact) mass is 265 g/mol. The van der Waals surface area contributed by atoms with Gasteiger partial charge in [0.15, 0.2) is 5.76 Å². The predicted octanol–water partition coefficient (Wildman–Crippen LogP) is 2.00. The molecule has 0 radical (unpaired) electrons. The van der Waals surface area contributed by atoms with Gasteiger partial charge in [0.05, 0.1) is 18.8 Å². The lowest BCUT2D eigenvalue weighted by Gasteiger charge is -2.30. The van der Waals surface area contributed by atoms with Crippen molar-refractivity contribution in [1.29, 1.82) is 0 Å². The molecule has 104 valence electrons. The lowest BCUT2D eigenvalue weighted by molar-refractivity contribution is -0.149. The molecule has 19 heavy (non-hydrogen) atoms. The van der Waals surface area contributed by atoms with Gasteiger partial charge in [0.25, 0.3) is 5.91 Å². The minimum Gasteiger partial charge on any atom is -0.466 e. The number of amides is 1. The summed E-state index contributed by atoms with van der Waals surface area (Å²) in [6.07, 6.45) is 2.84. The Kier molecular flexibility index (Phi) is 4.24. The molecule has 1 aliphatic heterocycles. The van der Waals surface area contributed by atoms with Gasteiger partial charge >= 0.3 is 5.97 Å². The van der Waals surface area contributed by atoms with Gasteiger partial charge in [-0.1, -0.05) is 0 Å². The molecule has 5 nitrogen and oxygen atoms in total. The highest BCUT2D eigenvalue weighted by molar-refractivity contribution is 5.93. The number of hydrogen-bond acceptors (Lipinski definition) is 4. The van der Waals surface area contributed by atoms with Crippen molar-refractivity contribution >= 4 is 11.9 Å². The molecule has 0 unspecified atom stereocenters. The third kappa shape index (κ3) is 2.97. The average Bonchev–Trinajstić information content (AvgIpc) is 2.84. The topological polar surface area (TPSA) is 59.8 Å². The number of nitrogens with zero attached hydrogens (tertiary/aromatic N) is 1. The summed E-state index contributed by atoms with van der Waals surface area (Å²) in [5.41, 5.74) is 0.845. The quantitative estimate of drug-likeness (QED) is 0.784. The minimum atomic E-state index is -0.149. The van der Waals surface area contributed by atoms with Crippen molar-refractivity contribution in [3.63, 3.8) is 0 Å². The molecule has 1 aromatic heterocycles. The number of ether oxygens (including phenoxy) is 1. The molecular weight excluding hydrogens is 246 g/mol. The molecule has 2 heterocycles. The first-order valence-corrected chi connectivity index (χ1v) is 6.63. The third-order valence-corrected chi connectivity index (χ3v) is 3.46. The Balaban J connectivity index is 1.92. The summed E-state index contributed by atoms with van der Waals surface area (Å²) < 4.78 is 10.2. The number of furan rings is 1. The first-order chi connectivity index (χ1) is 9.13. The Labute approximate surface area is 112 Å². The van der Waals surface area contributed by atoms with Crippen LogP contribution in [0.1, 0.15) is 35.9 Å². The van der Waals surface area contributed by atoms with Gasteiger partial charge in [-0.2, -0.15) is 0 Å². The van der Waals surface area contributed by atoms with E-state index < -0.39 is 0 Å². The fourth-order valence-electron chi connectivity index (χ4n) is 2.31. The summed E-state index contributed by atoms with van der Waals surface area (Å²) in [5.74, 6) is 0.0740. The van der Waals surface area contributed by atoms with E-state index in [0.29, 0.717) is 38.3 Å². The van der Waals surface area contributed by atoms with Crippen molar-refractivity contribution in [1.82, 2.24) is 4.90 Å². The van der Waals surface area contributed by atoms with Crippen molar-refractivity contribution < 1.29 is 18.7 Å². The van der Waals surface area contributed by atoms with Crippen LogP contribution in [0, 0.1) is 12.8 Å². The van der Waals surface area contributed by atoms with Crippen molar-refractivity contribution in [3.8, 4) is 0 Å². The molecule has 1 amide bonds. The highest BCUT2D eigenvalue weighted by Gasteiger charge is 2.30. The van der Waals surface area contributed by atoms with Gasteiger partial charge in [-0.25, -0.2) is 0 Å². The number of esters is 1. The first kappa shape index (κ1) is 13.6. The van der Waals surface area contributed by atoms with E-state index in [0.717, 1.165) is 5.56 Å². The van der Waals surface area contributed by atoms with E-state index >= 15 is 0 Å². The lowest BCUT2D eigenvalue weighted by Crippen LogP contribution is -2.40. The Bertz CT molecular complexity index is 458. The number of carbonyl (C=O) groups is 2. The predicted molar refractivity (Wildman–Crippen MR) is 68.7 cm³/mol. The maximum absolute atomic E-state index is 12.2. The fraction of sp³-hybridized carbons (Fsp3) is 0.571. The zero-order chi connectivity index (χ0) is 13.8. The van der Waals surface area contributed by atoms with Crippen LogP contribution in [0.2, 0.25) is 0 Å². The SMILES string of the molecule is CCOC(=O)C1CCN(C(=O)c2occc2C)CC1. The maximum atomic E-state index is 12.2. The van der Waals surface area contributed by atoms with Crippen LogP contribution in [0.25, 0.3) is 0 Å². The molecule has 1 aromatic rings. The van der Waals surface area contributed by atoms with Crippen LogP contribution in [0.4, 0.5) is 0 Å². The molecule has 1 aliphatic rings. The maximum Gasteiger partial charge on any atom is 0.309 e. The zero-order valence-electron chi connectivity index (χ0n) is 11.3. The second-order valence-electron chi connectivity index (χ2n) is 4.75. The van der Waals surface area contributed by atoms with E-state index in [1.54, 1.807) is 17.9 Å². The lowest BCUT2D eigenvalue weighted by atomic mass is 9.97. The summed E-state index contributed by atoms with van der Waals surface area (Å²) in [5, 5.41) is 0. The number of piperidine rings is 1. The number of carbonyl (C=O) groups excluding carboxylic acids is 2. The normalized spacial score (nSPS) is 16.4. The average molecular weight is 265 g/mol. The molecule has 5 heteroatoms. The summed E-state index contributed by atoms with van der Waals surface area (Å²) in [4.78, 5) is 25.6. The third-order valence-electron chi connectivity index (χ3n) is 3.46. The standard InChI is InChI=1S/C14H19NO4/c1-3-18-14(17)11-4-7-15(8-5-11)13(16)12-10(2)6-9-19-12/h6,9,11H,3-5,7-8H2,1-2H3. The summed E-state index contributed by atoms with van der Waals surface area (Å²) >= 11 is 0. The minimum absolute atomic E-state index is 0.0818. The Morgan fingerprint density at radius 3 is 2.63 bits per heavy atom. The number of aryl methyl sites for hydroxylation is 1. The van der Waals surface area contributed by atoms with Crippen molar-refractivity contribution in [2.45, 2.75) is 26.7 Å². The van der Waals surface area contributed by atoms with E-state index in [-0.39, 0.29) is 17.8 Å². The molecular formula is C14H19NO4. The van der Waals surface area contributed by atoms with E-state index in [9.17, 15) is 9.59 Å². The van der Waals surface area contributed by atoms with Gasteiger partial charge in [-0.15, -0.1) is 0 Å². The molecule has 0 aromatic carbocycles. The van der Waals surface area contributed by atoms with Gasteiger partial charge in [-0.05, 0) is 32.8 Å². The molecule has 0 N–H and O–H groups in total. The molecule has 0 spiro atoms. The smallest absolute Gasteiger partial charge is 0.309 e. The molecule has 1 saturated heterocycles. The van der Waals surface area contributed by atoms with Gasteiger partial charge in [0.1, 0.15) is 0 Å². The van der Waals surface area contributed by atoms with Crippen LogP contribution in [0.3, 0.4) is 0 Å². The number of likely N-dealkylation sites (tertiary alicyclic amines) is 1. The van der Waals surface area contributed by atoms with Crippen molar-refractivity contribution in [2.24, 2.45) is 5.92 Å². The highest BCUT2D eigenvalue weighted by atomic mass is 16.5. The molecule has 0 saturated carbocycles. The van der Waals surface area contributed by atoms with Gasteiger partial charge < -0.3 is 14.1 Å². The highest BCUT2D eigenvalue weighted by Crippen LogP contribution is 2.21. The van der Waals surface area contributed by atoms with Crippen LogP contribution in [-0.2, 0) is 9.53 Å². The van der Waals surface area contributed by atoms with E-state index in [2.05, 4.69) is 0 Å². The van der Waals surface area contributed by atoms with E-state index in [1.165, 1.54) is 6.26 Å². The van der Waals surface area contributed by atoms with Crippen molar-refractivity contribution in [2.75, 3.05) is 19.7 Å². The summed E-state index contributed by atoms with van der Waals surface area (Å²) in [6, 6.07) is 1.78. The second-order valence-corrected chi connectivity index (χ2v) is 4.75. The Morgan fingerprint density at radius 1 is 1.42 bits per heavy atom.